The topological polar surface area (TPSA) is 77.8 Å². The first-order chi connectivity index (χ1) is 7.90. The lowest BCUT2D eigenvalue weighted by atomic mass is 10.1. The predicted octanol–water partition coefficient (Wildman–Crippen LogP) is 1.28. The first-order valence-corrected chi connectivity index (χ1v) is 5.16. The normalized spacial score (nSPS) is 10.0. The summed E-state index contributed by atoms with van der Waals surface area (Å²) < 4.78 is 0. The summed E-state index contributed by atoms with van der Waals surface area (Å²) in [5.74, 6) is -2.10. The minimum atomic E-state index is -1.05. The fourth-order valence-corrected chi connectivity index (χ4v) is 1.49. The third-order valence-electron chi connectivity index (χ3n) is 2.51. The van der Waals surface area contributed by atoms with E-state index < -0.39 is 11.9 Å². The number of carbonyl (C=O) groups is 2. The van der Waals surface area contributed by atoms with Crippen molar-refractivity contribution in [2.75, 3.05) is 18.0 Å². The predicted molar refractivity (Wildman–Crippen MR) is 63.4 cm³/mol. The summed E-state index contributed by atoms with van der Waals surface area (Å²) in [6.45, 7) is 3.19. The van der Waals surface area contributed by atoms with Crippen LogP contribution in [-0.2, 0) is 9.59 Å². The second-order valence-corrected chi connectivity index (χ2v) is 3.91. The zero-order valence-electron chi connectivity index (χ0n) is 9.80. The Hall–Kier alpha value is -2.04. The van der Waals surface area contributed by atoms with E-state index in [9.17, 15) is 9.59 Å². The van der Waals surface area contributed by atoms with Crippen LogP contribution in [0.25, 0.3) is 0 Å². The van der Waals surface area contributed by atoms with E-state index in [1.54, 1.807) is 12.1 Å². The van der Waals surface area contributed by atoms with Gasteiger partial charge >= 0.3 is 11.9 Å². The summed E-state index contributed by atoms with van der Waals surface area (Å²) in [7, 11) is 0. The molecule has 2 N–H and O–H groups in total. The number of carboxylic acids is 2. The lowest BCUT2D eigenvalue weighted by Crippen LogP contribution is -2.34. The summed E-state index contributed by atoms with van der Waals surface area (Å²) in [4.78, 5) is 22.7. The molecule has 0 aliphatic carbocycles. The Kier molecular flexibility index (Phi) is 4.09. The molecule has 0 aliphatic heterocycles. The number of aliphatic carboxylic acids is 2. The van der Waals surface area contributed by atoms with Crippen LogP contribution < -0.4 is 4.90 Å². The average Bonchev–Trinajstić information content (AvgIpc) is 2.19. The molecule has 5 heteroatoms. The minimum absolute atomic E-state index is 0.325. The molecular weight excluding hydrogens is 222 g/mol. The van der Waals surface area contributed by atoms with Crippen molar-refractivity contribution in [3.63, 3.8) is 0 Å². The number of hydrogen-bond donors (Lipinski definition) is 2. The molecule has 0 spiro atoms. The highest BCUT2D eigenvalue weighted by molar-refractivity contribution is 5.79. The maximum Gasteiger partial charge on any atom is 0.323 e. The molecule has 0 unspecified atom stereocenters. The number of anilines is 1. The summed E-state index contributed by atoms with van der Waals surface area (Å²) in [6, 6.07) is 5.37. The fraction of sp³-hybridized carbons (Fsp3) is 0.333. The maximum atomic E-state index is 10.7. The van der Waals surface area contributed by atoms with Crippen molar-refractivity contribution in [1.82, 2.24) is 0 Å². The van der Waals surface area contributed by atoms with Gasteiger partial charge in [0.15, 0.2) is 0 Å². The number of nitrogens with zero attached hydrogens (tertiary/aromatic N) is 1. The minimum Gasteiger partial charge on any atom is -0.480 e. The molecule has 0 aromatic heterocycles. The Morgan fingerprint density at radius 3 is 2.00 bits per heavy atom. The van der Waals surface area contributed by atoms with Crippen molar-refractivity contribution >= 4 is 17.6 Å². The molecule has 1 aromatic carbocycles. The first-order valence-electron chi connectivity index (χ1n) is 5.16. The van der Waals surface area contributed by atoms with Crippen LogP contribution in [0.2, 0.25) is 0 Å². The monoisotopic (exact) mass is 237 g/mol. The molecular formula is C12H15NO4. The Bertz CT molecular complexity index is 426. The fourth-order valence-electron chi connectivity index (χ4n) is 1.49. The Balaban J connectivity index is 2.98. The Morgan fingerprint density at radius 1 is 1.06 bits per heavy atom. The van der Waals surface area contributed by atoms with Gasteiger partial charge in [0.1, 0.15) is 13.1 Å². The molecule has 0 saturated heterocycles. The highest BCUT2D eigenvalue weighted by Crippen LogP contribution is 2.18. The van der Waals surface area contributed by atoms with Crippen LogP contribution in [0.1, 0.15) is 11.1 Å². The molecule has 0 saturated carbocycles. The van der Waals surface area contributed by atoms with Gasteiger partial charge in [-0.1, -0.05) is 6.07 Å². The van der Waals surface area contributed by atoms with E-state index in [1.807, 2.05) is 19.9 Å². The maximum absolute atomic E-state index is 10.7. The van der Waals surface area contributed by atoms with Crippen molar-refractivity contribution in [1.29, 1.82) is 0 Å². The van der Waals surface area contributed by atoms with Gasteiger partial charge in [0.05, 0.1) is 0 Å². The number of benzene rings is 1. The van der Waals surface area contributed by atoms with Gasteiger partial charge in [-0.25, -0.2) is 0 Å². The van der Waals surface area contributed by atoms with Crippen molar-refractivity contribution < 1.29 is 19.8 Å². The van der Waals surface area contributed by atoms with E-state index in [0.29, 0.717) is 5.69 Å². The standard InChI is InChI=1S/C12H15NO4/c1-8-3-4-10(5-9(8)2)13(6-11(14)15)7-12(16)17/h3-5H,6-7H2,1-2H3,(H,14,15)(H,16,17). The highest BCUT2D eigenvalue weighted by atomic mass is 16.4. The average molecular weight is 237 g/mol. The van der Waals surface area contributed by atoms with Gasteiger partial charge in [-0.15, -0.1) is 0 Å². The third kappa shape index (κ3) is 3.79. The van der Waals surface area contributed by atoms with E-state index in [4.69, 9.17) is 10.2 Å². The molecule has 0 amide bonds. The van der Waals surface area contributed by atoms with Gasteiger partial charge in [-0.3, -0.25) is 9.59 Å². The van der Waals surface area contributed by atoms with Crippen LogP contribution in [0.3, 0.4) is 0 Å². The zero-order chi connectivity index (χ0) is 13.0. The molecule has 17 heavy (non-hydrogen) atoms. The smallest absolute Gasteiger partial charge is 0.323 e. The van der Waals surface area contributed by atoms with Gasteiger partial charge in [-0.2, -0.15) is 0 Å². The Labute approximate surface area is 99.3 Å². The van der Waals surface area contributed by atoms with E-state index in [0.717, 1.165) is 11.1 Å². The number of rotatable bonds is 5. The summed E-state index contributed by atoms with van der Waals surface area (Å²) in [5.41, 5.74) is 2.69. The molecule has 0 fully saturated rings. The van der Waals surface area contributed by atoms with Gasteiger partial charge in [0.25, 0.3) is 0 Å². The van der Waals surface area contributed by atoms with Crippen LogP contribution in [0.5, 0.6) is 0 Å². The third-order valence-corrected chi connectivity index (χ3v) is 2.51. The lowest BCUT2D eigenvalue weighted by Gasteiger charge is -2.21. The van der Waals surface area contributed by atoms with E-state index in [1.165, 1.54) is 4.90 Å². The van der Waals surface area contributed by atoms with Gasteiger partial charge in [0.2, 0.25) is 0 Å². The van der Waals surface area contributed by atoms with Crippen molar-refractivity contribution in [3.05, 3.63) is 29.3 Å². The van der Waals surface area contributed by atoms with Crippen LogP contribution >= 0.6 is 0 Å². The number of hydrogen-bond acceptors (Lipinski definition) is 3. The summed E-state index contributed by atoms with van der Waals surface area (Å²) in [6.07, 6.45) is 0. The highest BCUT2D eigenvalue weighted by Gasteiger charge is 2.14. The van der Waals surface area contributed by atoms with E-state index >= 15 is 0 Å². The summed E-state index contributed by atoms with van der Waals surface area (Å²) >= 11 is 0. The molecule has 5 nitrogen and oxygen atoms in total. The van der Waals surface area contributed by atoms with Crippen LogP contribution in [0.15, 0.2) is 18.2 Å². The zero-order valence-corrected chi connectivity index (χ0v) is 9.80. The number of carboxylic acid groups (broad SMARTS) is 2. The SMILES string of the molecule is Cc1ccc(N(CC(=O)O)CC(=O)O)cc1C. The van der Waals surface area contributed by atoms with Crippen LogP contribution in [0, 0.1) is 13.8 Å². The van der Waals surface area contributed by atoms with Crippen molar-refractivity contribution in [2.45, 2.75) is 13.8 Å². The van der Waals surface area contributed by atoms with Gasteiger partial charge in [0, 0.05) is 5.69 Å². The Morgan fingerprint density at radius 2 is 1.59 bits per heavy atom. The first kappa shape index (κ1) is 13.0. The second kappa shape index (κ2) is 5.34. The lowest BCUT2D eigenvalue weighted by molar-refractivity contribution is -0.136. The largest absolute Gasteiger partial charge is 0.480 e. The quantitative estimate of drug-likeness (QED) is 0.806. The molecule has 1 aromatic rings. The van der Waals surface area contributed by atoms with E-state index in [-0.39, 0.29) is 13.1 Å². The van der Waals surface area contributed by atoms with Crippen molar-refractivity contribution in [2.24, 2.45) is 0 Å². The molecule has 92 valence electrons. The van der Waals surface area contributed by atoms with Crippen LogP contribution in [-0.4, -0.2) is 35.2 Å². The van der Waals surface area contributed by atoms with Gasteiger partial charge in [-0.05, 0) is 37.1 Å². The molecule has 0 bridgehead atoms. The molecule has 1 rings (SSSR count). The van der Waals surface area contributed by atoms with Crippen LogP contribution in [0.4, 0.5) is 5.69 Å². The van der Waals surface area contributed by atoms with Gasteiger partial charge < -0.3 is 15.1 Å². The number of aryl methyl sites for hydroxylation is 2. The molecule has 0 heterocycles. The molecule has 0 aliphatic rings. The van der Waals surface area contributed by atoms with E-state index in [2.05, 4.69) is 0 Å². The molecule has 0 radical (unpaired) electrons. The van der Waals surface area contributed by atoms with Crippen molar-refractivity contribution in [3.8, 4) is 0 Å². The molecule has 0 atom stereocenters. The summed E-state index contributed by atoms with van der Waals surface area (Å²) in [5, 5.41) is 17.5. The second-order valence-electron chi connectivity index (χ2n) is 3.91.